The molecule has 0 amide bonds. The van der Waals surface area contributed by atoms with Crippen molar-refractivity contribution in [2.24, 2.45) is 0 Å². The van der Waals surface area contributed by atoms with E-state index in [9.17, 15) is 0 Å². The Hall–Kier alpha value is -2.05. The van der Waals surface area contributed by atoms with Gasteiger partial charge in [-0.15, -0.1) is 5.92 Å². The summed E-state index contributed by atoms with van der Waals surface area (Å²) in [6.45, 7) is 2.78. The van der Waals surface area contributed by atoms with Crippen LogP contribution in [0.1, 0.15) is 12.6 Å². The van der Waals surface area contributed by atoms with Crippen LogP contribution in [-0.2, 0) is 11.3 Å². The van der Waals surface area contributed by atoms with Crippen molar-refractivity contribution in [3.05, 3.63) is 48.3 Å². The van der Waals surface area contributed by atoms with Gasteiger partial charge in [0.05, 0.1) is 18.0 Å². The monoisotopic (exact) mass is 226 g/mol. The van der Waals surface area contributed by atoms with Crippen molar-refractivity contribution in [2.75, 3.05) is 6.61 Å². The largest absolute Gasteiger partial charge is 0.362 e. The molecule has 0 aliphatic heterocycles. The van der Waals surface area contributed by atoms with E-state index in [4.69, 9.17) is 4.74 Å². The van der Waals surface area contributed by atoms with Gasteiger partial charge in [-0.1, -0.05) is 24.1 Å². The summed E-state index contributed by atoms with van der Waals surface area (Å²) < 4.78 is 7.32. The van der Waals surface area contributed by atoms with E-state index in [1.54, 1.807) is 13.1 Å². The Balaban J connectivity index is 2.09. The van der Waals surface area contributed by atoms with Crippen molar-refractivity contribution < 1.29 is 4.74 Å². The van der Waals surface area contributed by atoms with Crippen LogP contribution in [0.15, 0.2) is 42.6 Å². The van der Waals surface area contributed by atoms with Gasteiger partial charge in [0.25, 0.3) is 0 Å². The predicted molar refractivity (Wildman–Crippen MR) is 66.7 cm³/mol. The molecule has 0 atom stereocenters. The van der Waals surface area contributed by atoms with Gasteiger partial charge in [0.1, 0.15) is 6.61 Å². The van der Waals surface area contributed by atoms with Crippen molar-refractivity contribution in [1.29, 1.82) is 0 Å². The lowest BCUT2D eigenvalue weighted by molar-refractivity contribution is 0.148. The van der Waals surface area contributed by atoms with Gasteiger partial charge in [-0.2, -0.15) is 5.10 Å². The Morgan fingerprint density at radius 2 is 2.06 bits per heavy atom. The van der Waals surface area contributed by atoms with Crippen molar-refractivity contribution in [1.82, 2.24) is 9.78 Å². The van der Waals surface area contributed by atoms with Crippen LogP contribution in [0.4, 0.5) is 0 Å². The number of nitrogens with zero attached hydrogens (tertiary/aromatic N) is 2. The van der Waals surface area contributed by atoms with Crippen LogP contribution in [0, 0.1) is 11.8 Å². The summed E-state index contributed by atoms with van der Waals surface area (Å²) in [5.74, 6) is 5.66. The first-order chi connectivity index (χ1) is 8.42. The highest BCUT2D eigenvalue weighted by molar-refractivity contribution is 5.32. The van der Waals surface area contributed by atoms with E-state index >= 15 is 0 Å². The molecule has 0 unspecified atom stereocenters. The fourth-order valence-corrected chi connectivity index (χ4v) is 1.52. The molecule has 0 spiro atoms. The van der Waals surface area contributed by atoms with Crippen LogP contribution in [0.3, 0.4) is 0 Å². The van der Waals surface area contributed by atoms with E-state index in [1.807, 2.05) is 41.1 Å². The summed E-state index contributed by atoms with van der Waals surface area (Å²) >= 11 is 0. The Labute approximate surface area is 101 Å². The molecule has 3 nitrogen and oxygen atoms in total. The average molecular weight is 226 g/mol. The maximum atomic E-state index is 5.45. The Morgan fingerprint density at radius 1 is 1.24 bits per heavy atom. The minimum Gasteiger partial charge on any atom is -0.362 e. The minimum absolute atomic E-state index is 0.455. The molecule has 17 heavy (non-hydrogen) atoms. The van der Waals surface area contributed by atoms with Crippen molar-refractivity contribution >= 4 is 0 Å². The highest BCUT2D eigenvalue weighted by atomic mass is 16.5. The van der Waals surface area contributed by atoms with E-state index in [-0.39, 0.29) is 0 Å². The highest BCUT2D eigenvalue weighted by Gasteiger charge is 2.03. The van der Waals surface area contributed by atoms with E-state index in [0.717, 1.165) is 11.4 Å². The van der Waals surface area contributed by atoms with Crippen LogP contribution in [0.5, 0.6) is 0 Å². The molecule has 1 aromatic heterocycles. The topological polar surface area (TPSA) is 27.1 Å². The molecule has 1 aromatic carbocycles. The van der Waals surface area contributed by atoms with E-state index < -0.39 is 0 Å². The van der Waals surface area contributed by atoms with E-state index in [1.165, 1.54) is 0 Å². The third-order valence-electron chi connectivity index (χ3n) is 2.32. The van der Waals surface area contributed by atoms with Gasteiger partial charge in [-0.3, -0.25) is 0 Å². The molecular weight excluding hydrogens is 212 g/mol. The van der Waals surface area contributed by atoms with Gasteiger partial charge in [-0.05, 0) is 25.1 Å². The summed E-state index contributed by atoms with van der Waals surface area (Å²) in [7, 11) is 0. The second kappa shape index (κ2) is 5.88. The number of hydrogen-bond acceptors (Lipinski definition) is 2. The Bertz CT molecular complexity index is 520. The maximum Gasteiger partial charge on any atom is 0.108 e. The summed E-state index contributed by atoms with van der Waals surface area (Å²) in [6, 6.07) is 11.9. The predicted octanol–water partition coefficient (Wildman–Crippen LogP) is 2.41. The fraction of sp³-hybridized carbons (Fsp3) is 0.214. The quantitative estimate of drug-likeness (QED) is 0.591. The molecule has 0 aliphatic rings. The van der Waals surface area contributed by atoms with Crippen LogP contribution in [0.2, 0.25) is 0 Å². The maximum absolute atomic E-state index is 5.45. The van der Waals surface area contributed by atoms with E-state index in [0.29, 0.717) is 13.2 Å². The van der Waals surface area contributed by atoms with Crippen LogP contribution in [0.25, 0.3) is 5.69 Å². The fourth-order valence-electron chi connectivity index (χ4n) is 1.52. The van der Waals surface area contributed by atoms with Gasteiger partial charge >= 0.3 is 0 Å². The minimum atomic E-state index is 0.455. The summed E-state index contributed by atoms with van der Waals surface area (Å²) in [6.07, 6.45) is 1.77. The molecule has 0 bridgehead atoms. The zero-order chi connectivity index (χ0) is 11.9. The molecule has 0 fully saturated rings. The first kappa shape index (κ1) is 11.4. The summed E-state index contributed by atoms with van der Waals surface area (Å²) in [5, 5.41) is 4.29. The standard InChI is InChI=1S/C14H14N2O/c1-2-3-11-17-12-14-9-10-15-16(14)13-7-5-4-6-8-13/h4-10H,11-12H2,1H3. The smallest absolute Gasteiger partial charge is 0.108 e. The number of aromatic nitrogens is 2. The molecule has 0 N–H and O–H groups in total. The number of benzene rings is 1. The Morgan fingerprint density at radius 3 is 2.82 bits per heavy atom. The zero-order valence-corrected chi connectivity index (χ0v) is 9.76. The zero-order valence-electron chi connectivity index (χ0n) is 9.76. The van der Waals surface area contributed by atoms with Gasteiger partial charge < -0.3 is 4.74 Å². The molecular formula is C14H14N2O. The van der Waals surface area contributed by atoms with Crippen molar-refractivity contribution in [2.45, 2.75) is 13.5 Å². The molecule has 0 aliphatic carbocycles. The molecule has 86 valence electrons. The van der Waals surface area contributed by atoms with Crippen LogP contribution >= 0.6 is 0 Å². The summed E-state index contributed by atoms with van der Waals surface area (Å²) in [5.41, 5.74) is 2.06. The number of hydrogen-bond donors (Lipinski definition) is 0. The molecule has 1 heterocycles. The van der Waals surface area contributed by atoms with Crippen molar-refractivity contribution in [3.8, 4) is 17.5 Å². The lowest BCUT2D eigenvalue weighted by Gasteiger charge is -2.06. The highest BCUT2D eigenvalue weighted by Crippen LogP contribution is 2.10. The molecule has 0 radical (unpaired) electrons. The van der Waals surface area contributed by atoms with Gasteiger partial charge in [0, 0.05) is 6.20 Å². The normalized spacial score (nSPS) is 9.71. The first-order valence-electron chi connectivity index (χ1n) is 5.47. The summed E-state index contributed by atoms with van der Waals surface area (Å²) in [4.78, 5) is 0. The van der Waals surface area contributed by atoms with Gasteiger partial charge in [0.15, 0.2) is 0 Å². The molecule has 0 saturated heterocycles. The second-order valence-electron chi connectivity index (χ2n) is 3.49. The molecule has 0 saturated carbocycles. The van der Waals surface area contributed by atoms with Crippen LogP contribution < -0.4 is 0 Å². The Kier molecular flexibility index (Phi) is 3.95. The van der Waals surface area contributed by atoms with Crippen LogP contribution in [-0.4, -0.2) is 16.4 Å². The lowest BCUT2D eigenvalue weighted by Crippen LogP contribution is -2.04. The number of para-hydroxylation sites is 1. The van der Waals surface area contributed by atoms with E-state index in [2.05, 4.69) is 16.9 Å². The average Bonchev–Trinajstić information content (AvgIpc) is 2.84. The first-order valence-corrected chi connectivity index (χ1v) is 5.47. The number of rotatable bonds is 4. The van der Waals surface area contributed by atoms with Gasteiger partial charge in [0.2, 0.25) is 0 Å². The molecule has 2 rings (SSSR count). The SMILES string of the molecule is CC#CCOCc1ccnn1-c1ccccc1. The second-order valence-corrected chi connectivity index (χ2v) is 3.49. The molecule has 3 heteroatoms. The third-order valence-corrected chi connectivity index (χ3v) is 2.32. The van der Waals surface area contributed by atoms with Crippen molar-refractivity contribution in [3.63, 3.8) is 0 Å². The third kappa shape index (κ3) is 2.96. The number of ether oxygens (including phenoxy) is 1. The lowest BCUT2D eigenvalue weighted by atomic mass is 10.3. The molecule has 2 aromatic rings. The van der Waals surface area contributed by atoms with Gasteiger partial charge in [-0.25, -0.2) is 4.68 Å².